The molecule has 68 valence electrons. The molecule has 3 aliphatic rings. The molecule has 0 aliphatic heterocycles. The van der Waals surface area contributed by atoms with Gasteiger partial charge in [-0.25, -0.2) is 0 Å². The summed E-state index contributed by atoms with van der Waals surface area (Å²) >= 11 is 0. The maximum atomic E-state index is 9.86. The molecule has 0 saturated heterocycles. The molecular weight excluding hydrogens is 148 g/mol. The molecule has 0 aromatic heterocycles. The van der Waals surface area contributed by atoms with Crippen LogP contribution in [-0.4, -0.2) is 11.2 Å². The lowest BCUT2D eigenvalue weighted by atomic mass is 9.50. The minimum absolute atomic E-state index is 0.0798. The van der Waals surface area contributed by atoms with Crippen LogP contribution in [0.4, 0.5) is 0 Å². The van der Waals surface area contributed by atoms with Gasteiger partial charge in [0.15, 0.2) is 0 Å². The summed E-state index contributed by atoms with van der Waals surface area (Å²) in [7, 11) is 0. The van der Waals surface area contributed by atoms with E-state index in [1.807, 2.05) is 0 Å². The lowest BCUT2D eigenvalue weighted by Gasteiger charge is -2.55. The van der Waals surface area contributed by atoms with Crippen LogP contribution in [0.3, 0.4) is 0 Å². The van der Waals surface area contributed by atoms with Crippen LogP contribution in [0.25, 0.3) is 0 Å². The molecule has 1 nitrogen and oxygen atoms in total. The lowest BCUT2D eigenvalue weighted by Crippen LogP contribution is -2.47. The Balaban J connectivity index is 1.54. The normalized spacial score (nSPS) is 35.8. The number of rotatable bonds is 2. The summed E-state index contributed by atoms with van der Waals surface area (Å²) in [5.74, 6) is 1.39. The molecule has 1 spiro atoms. The highest BCUT2D eigenvalue weighted by atomic mass is 16.3. The minimum atomic E-state index is 0.0798. The van der Waals surface area contributed by atoms with Crippen molar-refractivity contribution in [2.45, 2.75) is 51.0 Å². The number of aliphatic hydroxyl groups is 1. The van der Waals surface area contributed by atoms with E-state index in [0.29, 0.717) is 11.8 Å². The van der Waals surface area contributed by atoms with Crippen LogP contribution < -0.4 is 0 Å². The van der Waals surface area contributed by atoms with E-state index in [1.54, 1.807) is 0 Å². The summed E-state index contributed by atoms with van der Waals surface area (Å²) in [5.41, 5.74) is 0.751. The Morgan fingerprint density at radius 2 is 1.75 bits per heavy atom. The molecule has 0 aromatic rings. The molecular formula is C11H18O. The molecule has 0 amide bonds. The molecule has 3 aliphatic carbocycles. The second kappa shape index (κ2) is 2.25. The Morgan fingerprint density at radius 3 is 2.17 bits per heavy atom. The molecule has 1 atom stereocenters. The van der Waals surface area contributed by atoms with Crippen molar-refractivity contribution >= 4 is 0 Å². The van der Waals surface area contributed by atoms with Crippen molar-refractivity contribution in [1.29, 1.82) is 0 Å². The molecule has 0 aromatic carbocycles. The average molecular weight is 166 g/mol. The number of hydrogen-bond acceptors (Lipinski definition) is 1. The number of aliphatic hydroxyl groups excluding tert-OH is 1. The smallest absolute Gasteiger partial charge is 0.0596 e. The first kappa shape index (κ1) is 7.37. The van der Waals surface area contributed by atoms with Crippen molar-refractivity contribution < 1.29 is 5.11 Å². The maximum absolute atomic E-state index is 9.86. The molecule has 1 heteroatoms. The van der Waals surface area contributed by atoms with Gasteiger partial charge >= 0.3 is 0 Å². The van der Waals surface area contributed by atoms with Crippen LogP contribution in [0.1, 0.15) is 44.9 Å². The largest absolute Gasteiger partial charge is 0.393 e. The molecule has 3 rings (SSSR count). The first-order valence-electron chi connectivity index (χ1n) is 5.47. The SMILES string of the molecule is OC(C1CC1)C1CC2(CCC2)C1. The highest BCUT2D eigenvalue weighted by Gasteiger charge is 2.52. The zero-order valence-corrected chi connectivity index (χ0v) is 7.63. The van der Waals surface area contributed by atoms with Crippen LogP contribution in [0.2, 0.25) is 0 Å². The fourth-order valence-electron chi connectivity index (χ4n) is 3.20. The summed E-state index contributed by atoms with van der Waals surface area (Å²) in [5, 5.41) is 9.86. The van der Waals surface area contributed by atoms with Gasteiger partial charge in [0.25, 0.3) is 0 Å². The standard InChI is InChI=1S/C11H18O/c12-10(8-2-3-8)9-6-11(7-9)4-1-5-11/h8-10,12H,1-7H2. The monoisotopic (exact) mass is 166 g/mol. The summed E-state index contributed by atoms with van der Waals surface area (Å²) in [6.07, 6.45) is 9.75. The Morgan fingerprint density at radius 1 is 1.08 bits per heavy atom. The van der Waals surface area contributed by atoms with E-state index < -0.39 is 0 Å². The van der Waals surface area contributed by atoms with Crippen molar-refractivity contribution in [3.63, 3.8) is 0 Å². The van der Waals surface area contributed by atoms with E-state index in [9.17, 15) is 5.11 Å². The predicted octanol–water partition coefficient (Wildman–Crippen LogP) is 2.34. The molecule has 3 saturated carbocycles. The fourth-order valence-corrected chi connectivity index (χ4v) is 3.20. The van der Waals surface area contributed by atoms with Crippen LogP contribution in [0.5, 0.6) is 0 Å². The summed E-state index contributed by atoms with van der Waals surface area (Å²) in [6.45, 7) is 0. The minimum Gasteiger partial charge on any atom is -0.393 e. The summed E-state index contributed by atoms with van der Waals surface area (Å²) in [4.78, 5) is 0. The van der Waals surface area contributed by atoms with Crippen LogP contribution in [-0.2, 0) is 0 Å². The van der Waals surface area contributed by atoms with E-state index >= 15 is 0 Å². The van der Waals surface area contributed by atoms with E-state index in [2.05, 4.69) is 0 Å². The lowest BCUT2D eigenvalue weighted by molar-refractivity contribution is -0.0855. The zero-order chi connectivity index (χ0) is 8.18. The molecule has 1 N–H and O–H groups in total. The summed E-state index contributed by atoms with van der Waals surface area (Å²) < 4.78 is 0. The van der Waals surface area contributed by atoms with Gasteiger partial charge in [0.05, 0.1) is 6.10 Å². The maximum Gasteiger partial charge on any atom is 0.0596 e. The van der Waals surface area contributed by atoms with Gasteiger partial charge in [-0.3, -0.25) is 0 Å². The molecule has 1 unspecified atom stereocenters. The molecule has 3 fully saturated rings. The fraction of sp³-hybridized carbons (Fsp3) is 1.00. The van der Waals surface area contributed by atoms with Gasteiger partial charge in [0.2, 0.25) is 0 Å². The van der Waals surface area contributed by atoms with Gasteiger partial charge in [0.1, 0.15) is 0 Å². The van der Waals surface area contributed by atoms with E-state index in [1.165, 1.54) is 44.9 Å². The Bertz CT molecular complexity index is 183. The van der Waals surface area contributed by atoms with Crippen molar-refractivity contribution in [3.8, 4) is 0 Å². The van der Waals surface area contributed by atoms with E-state index in [-0.39, 0.29) is 6.10 Å². The Labute approximate surface area is 74.2 Å². The first-order valence-corrected chi connectivity index (χ1v) is 5.47. The second-order valence-corrected chi connectivity index (χ2v) is 5.35. The third kappa shape index (κ3) is 0.953. The third-order valence-corrected chi connectivity index (χ3v) is 4.39. The van der Waals surface area contributed by atoms with Gasteiger partial charge < -0.3 is 5.11 Å². The van der Waals surface area contributed by atoms with E-state index in [4.69, 9.17) is 0 Å². The quantitative estimate of drug-likeness (QED) is 0.667. The number of hydrogen-bond donors (Lipinski definition) is 1. The van der Waals surface area contributed by atoms with Crippen LogP contribution in [0, 0.1) is 17.3 Å². The molecule has 0 radical (unpaired) electrons. The first-order chi connectivity index (χ1) is 5.79. The van der Waals surface area contributed by atoms with Crippen molar-refractivity contribution in [3.05, 3.63) is 0 Å². The van der Waals surface area contributed by atoms with Crippen molar-refractivity contribution in [2.75, 3.05) is 0 Å². The molecule has 12 heavy (non-hydrogen) atoms. The van der Waals surface area contributed by atoms with E-state index in [0.717, 1.165) is 5.41 Å². The highest BCUT2D eigenvalue weighted by molar-refractivity contribution is 5.03. The van der Waals surface area contributed by atoms with Crippen LogP contribution in [0.15, 0.2) is 0 Å². The average Bonchev–Trinajstić information content (AvgIpc) is 2.59. The van der Waals surface area contributed by atoms with Gasteiger partial charge in [-0.1, -0.05) is 6.42 Å². The van der Waals surface area contributed by atoms with Gasteiger partial charge in [-0.2, -0.15) is 0 Å². The Hall–Kier alpha value is -0.0400. The van der Waals surface area contributed by atoms with Crippen molar-refractivity contribution in [2.24, 2.45) is 17.3 Å². The van der Waals surface area contributed by atoms with Gasteiger partial charge in [-0.05, 0) is 55.8 Å². The summed E-state index contributed by atoms with van der Waals surface area (Å²) in [6, 6.07) is 0. The predicted molar refractivity (Wildman–Crippen MR) is 47.7 cm³/mol. The zero-order valence-electron chi connectivity index (χ0n) is 7.63. The highest BCUT2D eigenvalue weighted by Crippen LogP contribution is 2.61. The second-order valence-electron chi connectivity index (χ2n) is 5.35. The third-order valence-electron chi connectivity index (χ3n) is 4.39. The van der Waals surface area contributed by atoms with Gasteiger partial charge in [0, 0.05) is 0 Å². The topological polar surface area (TPSA) is 20.2 Å². The Kier molecular flexibility index (Phi) is 1.39. The molecule has 0 heterocycles. The van der Waals surface area contributed by atoms with Crippen molar-refractivity contribution in [1.82, 2.24) is 0 Å². The molecule has 0 bridgehead atoms. The van der Waals surface area contributed by atoms with Gasteiger partial charge in [-0.15, -0.1) is 0 Å². The van der Waals surface area contributed by atoms with Crippen LogP contribution >= 0.6 is 0 Å².